The van der Waals surface area contributed by atoms with Crippen molar-refractivity contribution in [3.05, 3.63) is 18.2 Å². The Hall–Kier alpha value is -2.36. The van der Waals surface area contributed by atoms with E-state index in [1.807, 2.05) is 0 Å². The number of carbonyl (C=O) groups is 2. The summed E-state index contributed by atoms with van der Waals surface area (Å²) in [7, 11) is 0. The predicted molar refractivity (Wildman–Crippen MR) is 91.8 cm³/mol. The van der Waals surface area contributed by atoms with Gasteiger partial charge in [-0.25, -0.2) is 4.79 Å². The number of carbonyl (C=O) groups excluding carboxylic acids is 2. The van der Waals surface area contributed by atoms with E-state index >= 15 is 0 Å². The third-order valence-electron chi connectivity index (χ3n) is 5.57. The van der Waals surface area contributed by atoms with Gasteiger partial charge in [-0.1, -0.05) is 0 Å². The van der Waals surface area contributed by atoms with Gasteiger partial charge < -0.3 is 29.0 Å². The van der Waals surface area contributed by atoms with Gasteiger partial charge in [0.05, 0.1) is 31.9 Å². The first-order chi connectivity index (χ1) is 13.1. The Labute approximate surface area is 155 Å². The molecule has 3 fully saturated rings. The maximum atomic E-state index is 12.7. The summed E-state index contributed by atoms with van der Waals surface area (Å²) in [5, 5.41) is 9.38. The molecule has 0 saturated carbocycles. The van der Waals surface area contributed by atoms with Gasteiger partial charge in [0, 0.05) is 24.7 Å². The van der Waals surface area contributed by atoms with Gasteiger partial charge in [-0.05, 0) is 12.1 Å². The molecule has 9 heteroatoms. The number of piperidine rings is 1. The van der Waals surface area contributed by atoms with Crippen molar-refractivity contribution in [2.24, 2.45) is 0 Å². The molecule has 0 aliphatic carbocycles. The molecule has 2 unspecified atom stereocenters. The van der Waals surface area contributed by atoms with E-state index in [0.717, 1.165) is 0 Å². The van der Waals surface area contributed by atoms with Crippen LogP contribution in [0.5, 0.6) is 5.75 Å². The van der Waals surface area contributed by atoms with Gasteiger partial charge in [-0.3, -0.25) is 9.69 Å². The second kappa shape index (κ2) is 6.08. The summed E-state index contributed by atoms with van der Waals surface area (Å²) in [6.45, 7) is 1.49. The molecule has 27 heavy (non-hydrogen) atoms. The van der Waals surface area contributed by atoms with Crippen LogP contribution in [0, 0.1) is 0 Å². The van der Waals surface area contributed by atoms with Crippen molar-refractivity contribution >= 4 is 23.4 Å². The SMILES string of the molecule is O=C1CC2(CCN1c1ccc3c(c1)OCC1C(CO)OC(=O)N31)OCCO2. The standard InChI is InChI=1S/C18H20N2O7/c21-9-15-13-10-24-14-7-11(1-2-12(14)20(13)17(23)27-15)19-4-3-18(8-16(19)22)25-5-6-26-18/h1-2,7,13,15,21H,3-6,8-10H2. The zero-order valence-corrected chi connectivity index (χ0v) is 14.6. The maximum Gasteiger partial charge on any atom is 0.415 e. The monoisotopic (exact) mass is 376 g/mol. The van der Waals surface area contributed by atoms with Crippen molar-refractivity contribution in [3.63, 3.8) is 0 Å². The molecule has 0 radical (unpaired) electrons. The fourth-order valence-corrected chi connectivity index (χ4v) is 4.18. The summed E-state index contributed by atoms with van der Waals surface area (Å²) in [6.07, 6.45) is -0.307. The largest absolute Gasteiger partial charge is 0.489 e. The minimum Gasteiger partial charge on any atom is -0.489 e. The highest BCUT2D eigenvalue weighted by atomic mass is 16.7. The van der Waals surface area contributed by atoms with Gasteiger partial charge in [0.1, 0.15) is 18.4 Å². The van der Waals surface area contributed by atoms with Crippen LogP contribution in [-0.4, -0.2) is 68.0 Å². The first-order valence-corrected chi connectivity index (χ1v) is 9.06. The maximum absolute atomic E-state index is 12.7. The number of anilines is 2. The first kappa shape index (κ1) is 16.8. The molecule has 4 aliphatic heterocycles. The van der Waals surface area contributed by atoms with Gasteiger partial charge in [0.15, 0.2) is 11.9 Å². The number of ether oxygens (including phenoxy) is 4. The zero-order valence-electron chi connectivity index (χ0n) is 14.6. The molecule has 1 spiro atoms. The number of rotatable bonds is 2. The zero-order chi connectivity index (χ0) is 18.6. The Kier molecular flexibility index (Phi) is 3.78. The summed E-state index contributed by atoms with van der Waals surface area (Å²) >= 11 is 0. The van der Waals surface area contributed by atoms with Crippen molar-refractivity contribution < 1.29 is 33.6 Å². The van der Waals surface area contributed by atoms with Crippen LogP contribution >= 0.6 is 0 Å². The van der Waals surface area contributed by atoms with Crippen LogP contribution in [0.4, 0.5) is 16.2 Å². The minimum absolute atomic E-state index is 0.0716. The van der Waals surface area contributed by atoms with Crippen LogP contribution in [0.15, 0.2) is 18.2 Å². The number of hydrogen-bond acceptors (Lipinski definition) is 7. The number of fused-ring (bicyclic) bond motifs is 3. The summed E-state index contributed by atoms with van der Waals surface area (Å²) in [4.78, 5) is 28.0. The predicted octanol–water partition coefficient (Wildman–Crippen LogP) is 0.635. The van der Waals surface area contributed by atoms with E-state index in [2.05, 4.69) is 0 Å². The van der Waals surface area contributed by atoms with Crippen LogP contribution in [0.1, 0.15) is 12.8 Å². The number of amides is 2. The summed E-state index contributed by atoms with van der Waals surface area (Å²) in [5.74, 6) is -0.331. The summed E-state index contributed by atoms with van der Waals surface area (Å²) in [6, 6.07) is 4.94. The van der Waals surface area contributed by atoms with Crippen molar-refractivity contribution in [1.82, 2.24) is 0 Å². The number of aliphatic hydroxyl groups excluding tert-OH is 1. The topological polar surface area (TPSA) is 97.8 Å². The van der Waals surface area contributed by atoms with E-state index in [9.17, 15) is 14.7 Å². The third kappa shape index (κ3) is 2.57. The number of aliphatic hydroxyl groups is 1. The fourth-order valence-electron chi connectivity index (χ4n) is 4.18. The Morgan fingerprint density at radius 3 is 2.78 bits per heavy atom. The van der Waals surface area contributed by atoms with Crippen molar-refractivity contribution in [2.75, 3.05) is 42.8 Å². The molecule has 5 rings (SSSR count). The lowest BCUT2D eigenvalue weighted by molar-refractivity contribution is -0.177. The highest BCUT2D eigenvalue weighted by Gasteiger charge is 2.47. The molecule has 2 amide bonds. The van der Waals surface area contributed by atoms with E-state index < -0.39 is 18.0 Å². The third-order valence-corrected chi connectivity index (χ3v) is 5.57. The molecule has 2 atom stereocenters. The van der Waals surface area contributed by atoms with Gasteiger partial charge in [0.2, 0.25) is 5.91 Å². The van der Waals surface area contributed by atoms with Crippen molar-refractivity contribution in [1.29, 1.82) is 0 Å². The smallest absolute Gasteiger partial charge is 0.415 e. The van der Waals surface area contributed by atoms with Gasteiger partial charge in [0.25, 0.3) is 0 Å². The van der Waals surface area contributed by atoms with Crippen molar-refractivity contribution in [2.45, 2.75) is 30.8 Å². The number of nitrogens with zero attached hydrogens (tertiary/aromatic N) is 2. The van der Waals surface area contributed by atoms with Crippen molar-refractivity contribution in [3.8, 4) is 5.75 Å². The van der Waals surface area contributed by atoms with Gasteiger partial charge >= 0.3 is 6.09 Å². The van der Waals surface area contributed by atoms with Crippen LogP contribution in [0.3, 0.4) is 0 Å². The fraction of sp³-hybridized carbons (Fsp3) is 0.556. The van der Waals surface area contributed by atoms with E-state index in [1.165, 1.54) is 4.90 Å². The molecule has 4 heterocycles. The van der Waals surface area contributed by atoms with Crippen LogP contribution in [-0.2, 0) is 19.0 Å². The molecule has 9 nitrogen and oxygen atoms in total. The number of cyclic esters (lactones) is 1. The molecule has 1 aromatic rings. The second-order valence-corrected chi connectivity index (χ2v) is 7.08. The average molecular weight is 376 g/mol. The molecule has 144 valence electrons. The molecule has 0 aromatic heterocycles. The van der Waals surface area contributed by atoms with Crippen LogP contribution in [0.25, 0.3) is 0 Å². The van der Waals surface area contributed by atoms with Crippen LogP contribution in [0.2, 0.25) is 0 Å². The van der Waals surface area contributed by atoms with E-state index in [4.69, 9.17) is 18.9 Å². The summed E-state index contributed by atoms with van der Waals surface area (Å²) < 4.78 is 22.3. The normalized spacial score (nSPS) is 28.8. The lowest BCUT2D eigenvalue weighted by Gasteiger charge is -2.37. The molecular formula is C18H20N2O7. The molecule has 1 N–H and O–H groups in total. The Balaban J connectivity index is 1.39. The minimum atomic E-state index is -0.774. The highest BCUT2D eigenvalue weighted by Crippen LogP contribution is 2.42. The highest BCUT2D eigenvalue weighted by molar-refractivity contribution is 5.97. The average Bonchev–Trinajstić information content (AvgIpc) is 3.25. The number of benzene rings is 1. The molecule has 3 saturated heterocycles. The van der Waals surface area contributed by atoms with Crippen LogP contribution < -0.4 is 14.5 Å². The Bertz CT molecular complexity index is 792. The number of hydrogen-bond donors (Lipinski definition) is 1. The summed E-state index contributed by atoms with van der Waals surface area (Å²) in [5.41, 5.74) is 1.29. The Morgan fingerprint density at radius 2 is 2.04 bits per heavy atom. The lowest BCUT2D eigenvalue weighted by Crippen LogP contribution is -2.49. The molecule has 0 bridgehead atoms. The van der Waals surface area contributed by atoms with Gasteiger partial charge in [-0.2, -0.15) is 0 Å². The lowest BCUT2D eigenvalue weighted by atomic mass is 10.0. The second-order valence-electron chi connectivity index (χ2n) is 7.08. The molecule has 1 aromatic carbocycles. The first-order valence-electron chi connectivity index (χ1n) is 9.06. The Morgan fingerprint density at radius 1 is 1.22 bits per heavy atom. The molecule has 4 aliphatic rings. The van der Waals surface area contributed by atoms with E-state index in [1.54, 1.807) is 23.1 Å². The quantitative estimate of drug-likeness (QED) is 0.809. The van der Waals surface area contributed by atoms with E-state index in [0.29, 0.717) is 43.3 Å². The molecular weight excluding hydrogens is 356 g/mol. The van der Waals surface area contributed by atoms with Gasteiger partial charge in [-0.15, -0.1) is 0 Å². The van der Waals surface area contributed by atoms with E-state index in [-0.39, 0.29) is 31.6 Å².